The molecular weight excluding hydrogens is 322 g/mol. The molecule has 0 aliphatic carbocycles. The number of pyridine rings is 2. The van der Waals surface area contributed by atoms with Crippen molar-refractivity contribution in [3.05, 3.63) is 42.7 Å². The Bertz CT molecular complexity index is 922. The molecule has 3 aromatic rings. The summed E-state index contributed by atoms with van der Waals surface area (Å²) in [7, 11) is 0. The predicted molar refractivity (Wildman–Crippen MR) is 108 cm³/mol. The summed E-state index contributed by atoms with van der Waals surface area (Å²) in [5.74, 6) is 0.0684. The minimum Gasteiger partial charge on any atom is -0.325 e. The van der Waals surface area contributed by atoms with Crippen LogP contribution in [0.4, 0.5) is 5.69 Å². The molecule has 0 aliphatic rings. The van der Waals surface area contributed by atoms with E-state index in [0.717, 1.165) is 53.2 Å². The van der Waals surface area contributed by atoms with Crippen LogP contribution in [-0.4, -0.2) is 15.9 Å². The smallest absolute Gasteiger partial charge is 0.224 e. The molecule has 136 valence electrons. The fourth-order valence-corrected chi connectivity index (χ4v) is 3.46. The first kappa shape index (κ1) is 18.3. The van der Waals surface area contributed by atoms with E-state index in [0.29, 0.717) is 6.42 Å². The van der Waals surface area contributed by atoms with Crippen LogP contribution in [0.15, 0.2) is 42.7 Å². The fourth-order valence-electron chi connectivity index (χ4n) is 3.46. The summed E-state index contributed by atoms with van der Waals surface area (Å²) in [5.41, 5.74) is 2.55. The highest BCUT2D eigenvalue weighted by Crippen LogP contribution is 2.34. The summed E-state index contributed by atoms with van der Waals surface area (Å²) in [5, 5.41) is 5.05. The number of anilines is 1. The number of unbranched alkanes of at least 4 members (excludes halogenated alkanes) is 1. The van der Waals surface area contributed by atoms with Gasteiger partial charge in [0.15, 0.2) is 0 Å². The second-order valence-electron chi connectivity index (χ2n) is 7.39. The summed E-state index contributed by atoms with van der Waals surface area (Å²) in [6.07, 6.45) is 8.48. The maximum Gasteiger partial charge on any atom is 0.224 e. The zero-order valence-electron chi connectivity index (χ0n) is 15.9. The van der Waals surface area contributed by atoms with Crippen molar-refractivity contribution in [3.63, 3.8) is 0 Å². The summed E-state index contributed by atoms with van der Waals surface area (Å²) in [6.45, 7) is 6.58. The van der Waals surface area contributed by atoms with Crippen LogP contribution in [0.25, 0.3) is 21.8 Å². The molecule has 1 atom stereocenters. The van der Waals surface area contributed by atoms with Gasteiger partial charge in [0.05, 0.1) is 16.7 Å². The second kappa shape index (κ2) is 7.81. The van der Waals surface area contributed by atoms with Gasteiger partial charge in [-0.15, -0.1) is 0 Å². The Morgan fingerprint density at radius 1 is 1.12 bits per heavy atom. The van der Waals surface area contributed by atoms with Crippen molar-refractivity contribution in [1.82, 2.24) is 9.97 Å². The Labute approximate surface area is 155 Å². The van der Waals surface area contributed by atoms with Gasteiger partial charge < -0.3 is 5.32 Å². The summed E-state index contributed by atoms with van der Waals surface area (Å²) < 4.78 is 0. The van der Waals surface area contributed by atoms with Gasteiger partial charge >= 0.3 is 0 Å². The number of benzene rings is 1. The number of aromatic nitrogens is 2. The number of carbonyl (C=O) groups excluding carboxylic acids is 1. The first-order valence-corrected chi connectivity index (χ1v) is 9.48. The Morgan fingerprint density at radius 3 is 2.58 bits per heavy atom. The Hall–Kier alpha value is -2.49. The summed E-state index contributed by atoms with van der Waals surface area (Å²) in [6, 6.07) is 9.79. The molecular formula is C22H27N3O. The van der Waals surface area contributed by atoms with Crippen LogP contribution in [0.3, 0.4) is 0 Å². The van der Waals surface area contributed by atoms with Gasteiger partial charge in [0, 0.05) is 29.6 Å². The van der Waals surface area contributed by atoms with Crippen molar-refractivity contribution >= 4 is 33.4 Å². The number of carbonyl (C=O) groups is 1. The number of fused-ring (bicyclic) bond motifs is 3. The van der Waals surface area contributed by atoms with E-state index in [1.165, 1.54) is 0 Å². The highest BCUT2D eigenvalue weighted by molar-refractivity contribution is 6.11. The summed E-state index contributed by atoms with van der Waals surface area (Å²) >= 11 is 0. The monoisotopic (exact) mass is 349 g/mol. The molecule has 1 unspecified atom stereocenters. The van der Waals surface area contributed by atoms with Crippen LogP contribution in [0.1, 0.15) is 52.9 Å². The van der Waals surface area contributed by atoms with E-state index in [1.807, 2.05) is 30.3 Å². The number of hydrogen-bond acceptors (Lipinski definition) is 3. The Balaban J connectivity index is 1.91. The molecule has 1 amide bonds. The van der Waals surface area contributed by atoms with E-state index < -0.39 is 0 Å². The average molecular weight is 349 g/mol. The molecule has 0 saturated heterocycles. The zero-order chi connectivity index (χ0) is 18.6. The van der Waals surface area contributed by atoms with Crippen LogP contribution in [0, 0.1) is 5.41 Å². The van der Waals surface area contributed by atoms with E-state index in [1.54, 1.807) is 12.4 Å². The predicted octanol–water partition coefficient (Wildman–Crippen LogP) is 5.72. The highest BCUT2D eigenvalue weighted by Gasteiger charge is 2.25. The molecule has 0 saturated carbocycles. The van der Waals surface area contributed by atoms with Crippen LogP contribution in [0.5, 0.6) is 0 Å². The molecule has 0 bridgehead atoms. The molecule has 0 fully saturated rings. The molecule has 4 nitrogen and oxygen atoms in total. The van der Waals surface area contributed by atoms with Crippen LogP contribution < -0.4 is 5.32 Å². The lowest BCUT2D eigenvalue weighted by Gasteiger charge is -2.27. The third kappa shape index (κ3) is 3.85. The van der Waals surface area contributed by atoms with Gasteiger partial charge in [0.25, 0.3) is 0 Å². The molecule has 4 heteroatoms. The van der Waals surface area contributed by atoms with Crippen molar-refractivity contribution in [2.45, 2.75) is 52.9 Å². The van der Waals surface area contributed by atoms with Gasteiger partial charge in [-0.25, -0.2) is 0 Å². The largest absolute Gasteiger partial charge is 0.325 e. The van der Waals surface area contributed by atoms with Gasteiger partial charge in [-0.3, -0.25) is 14.8 Å². The van der Waals surface area contributed by atoms with E-state index in [9.17, 15) is 4.79 Å². The van der Waals surface area contributed by atoms with Gasteiger partial charge in [-0.2, -0.15) is 0 Å². The normalized spacial score (nSPS) is 13.7. The third-order valence-electron chi connectivity index (χ3n) is 5.31. The lowest BCUT2D eigenvalue weighted by molar-refractivity contribution is -0.118. The second-order valence-corrected chi connectivity index (χ2v) is 7.39. The molecule has 26 heavy (non-hydrogen) atoms. The maximum atomic E-state index is 12.8. The molecule has 2 heterocycles. The zero-order valence-corrected chi connectivity index (χ0v) is 15.9. The first-order valence-electron chi connectivity index (χ1n) is 9.48. The molecule has 1 N–H and O–H groups in total. The lowest BCUT2D eigenvalue weighted by atomic mass is 9.79. The molecule has 0 radical (unpaired) electrons. The fraction of sp³-hybridized carbons (Fsp3) is 0.409. The van der Waals surface area contributed by atoms with Crippen LogP contribution >= 0.6 is 0 Å². The molecule has 0 aliphatic heterocycles. The third-order valence-corrected chi connectivity index (χ3v) is 5.31. The number of rotatable bonds is 7. The van der Waals surface area contributed by atoms with Crippen molar-refractivity contribution in [3.8, 4) is 0 Å². The van der Waals surface area contributed by atoms with E-state index in [4.69, 9.17) is 0 Å². The number of hydrogen-bond donors (Lipinski definition) is 1. The van der Waals surface area contributed by atoms with E-state index in [2.05, 4.69) is 36.1 Å². The number of amides is 1. The number of nitrogens with one attached hydrogen (secondary N) is 1. The standard InChI is InChI=1S/C22H27N3O/c1-4-6-11-22(3,5-2)15-19(26)25-18-14-16-9-7-12-23-20(16)21-17(18)10-8-13-24-21/h7-10,12-14H,4-6,11,15H2,1-3H3,(H,25,26). The topological polar surface area (TPSA) is 54.9 Å². The lowest BCUT2D eigenvalue weighted by Crippen LogP contribution is -2.24. The molecule has 2 aromatic heterocycles. The van der Waals surface area contributed by atoms with Crippen molar-refractivity contribution in [1.29, 1.82) is 0 Å². The Morgan fingerprint density at radius 2 is 1.85 bits per heavy atom. The molecule has 3 rings (SSSR count). The van der Waals surface area contributed by atoms with Gasteiger partial charge in [-0.05, 0) is 36.1 Å². The minimum atomic E-state index is 0.0482. The van der Waals surface area contributed by atoms with Gasteiger partial charge in [-0.1, -0.05) is 46.1 Å². The first-order chi connectivity index (χ1) is 12.6. The van der Waals surface area contributed by atoms with E-state index >= 15 is 0 Å². The van der Waals surface area contributed by atoms with Gasteiger partial charge in [0.1, 0.15) is 0 Å². The SMILES string of the molecule is CCCCC(C)(CC)CC(=O)Nc1cc2cccnc2c2ncccc12. The van der Waals surface area contributed by atoms with Crippen LogP contribution in [-0.2, 0) is 4.79 Å². The van der Waals surface area contributed by atoms with E-state index in [-0.39, 0.29) is 11.3 Å². The highest BCUT2D eigenvalue weighted by atomic mass is 16.1. The average Bonchev–Trinajstić information content (AvgIpc) is 2.66. The Kier molecular flexibility index (Phi) is 5.50. The molecule has 1 aromatic carbocycles. The minimum absolute atomic E-state index is 0.0482. The maximum absolute atomic E-state index is 12.8. The van der Waals surface area contributed by atoms with Crippen molar-refractivity contribution in [2.75, 3.05) is 5.32 Å². The van der Waals surface area contributed by atoms with Gasteiger partial charge in [0.2, 0.25) is 5.91 Å². The number of nitrogens with zero attached hydrogens (tertiary/aromatic N) is 2. The van der Waals surface area contributed by atoms with Crippen LogP contribution in [0.2, 0.25) is 0 Å². The summed E-state index contributed by atoms with van der Waals surface area (Å²) in [4.78, 5) is 21.7. The van der Waals surface area contributed by atoms with Crippen molar-refractivity contribution < 1.29 is 4.79 Å². The quantitative estimate of drug-likeness (QED) is 0.555. The molecule has 0 spiro atoms. The van der Waals surface area contributed by atoms with Crippen molar-refractivity contribution in [2.24, 2.45) is 5.41 Å².